The van der Waals surface area contributed by atoms with Crippen LogP contribution in [0.3, 0.4) is 0 Å². The number of benzene rings is 2. The molecule has 2 aromatic heterocycles. The van der Waals surface area contributed by atoms with Crippen LogP contribution in [0, 0.1) is 19.7 Å². The minimum Gasteiger partial charge on any atom is -0.385 e. The first-order chi connectivity index (χ1) is 17.1. The lowest BCUT2D eigenvalue weighted by Crippen LogP contribution is -2.34. The Hall–Kier alpha value is -3.77. The van der Waals surface area contributed by atoms with Gasteiger partial charge >= 0.3 is 6.03 Å². The van der Waals surface area contributed by atoms with Crippen molar-refractivity contribution in [2.45, 2.75) is 31.4 Å². The van der Waals surface area contributed by atoms with Crippen LogP contribution in [0.4, 0.5) is 20.6 Å². The lowest BCUT2D eigenvalue weighted by atomic mass is 10.2. The Bertz CT molecular complexity index is 1630. The number of hydrogen-bond donors (Lipinski definition) is 3. The molecule has 0 spiro atoms. The minimum absolute atomic E-state index is 0.0106. The predicted molar refractivity (Wildman–Crippen MR) is 139 cm³/mol. The number of carbonyl (C=O) groups excluding carboxylic acids is 1. The molecule has 0 radical (unpaired) electrons. The van der Waals surface area contributed by atoms with Gasteiger partial charge in [0.05, 0.1) is 16.6 Å². The first-order valence-corrected chi connectivity index (χ1v) is 13.4. The zero-order valence-corrected chi connectivity index (χ0v) is 21.4. The monoisotopic (exact) mass is 529 g/mol. The summed E-state index contributed by atoms with van der Waals surface area (Å²) in [6, 6.07) is 10.9. The summed E-state index contributed by atoms with van der Waals surface area (Å²) in [5, 5.41) is 5.87. The Balaban J connectivity index is 1.58. The number of nitrogens with zero attached hydrogens (tertiary/aromatic N) is 2. The molecular formula is C24H24FN5O4S2. The Morgan fingerprint density at radius 1 is 1.08 bits per heavy atom. The SMILES string of the molecule is CCCNc1ccc2c(=O)n(-c3ccc(NC(=O)NS(=O)(=O)c4ccc(C)s4)cc3F)c(C)nc2c1. The summed E-state index contributed by atoms with van der Waals surface area (Å²) in [5.41, 5.74) is 0.858. The van der Waals surface area contributed by atoms with E-state index in [9.17, 15) is 18.0 Å². The Kier molecular flexibility index (Phi) is 7.09. The van der Waals surface area contributed by atoms with Gasteiger partial charge in [0.1, 0.15) is 15.9 Å². The number of anilines is 2. The van der Waals surface area contributed by atoms with Gasteiger partial charge in [0, 0.05) is 22.8 Å². The van der Waals surface area contributed by atoms with Crippen LogP contribution in [0.2, 0.25) is 0 Å². The Morgan fingerprint density at radius 3 is 2.50 bits per heavy atom. The number of sulfonamides is 1. The van der Waals surface area contributed by atoms with Gasteiger partial charge < -0.3 is 10.6 Å². The molecular weight excluding hydrogens is 505 g/mol. The number of hydrogen-bond acceptors (Lipinski definition) is 7. The number of amides is 2. The van der Waals surface area contributed by atoms with E-state index >= 15 is 4.39 Å². The van der Waals surface area contributed by atoms with Crippen molar-refractivity contribution in [2.24, 2.45) is 0 Å². The summed E-state index contributed by atoms with van der Waals surface area (Å²) in [4.78, 5) is 30.7. The number of fused-ring (bicyclic) bond motifs is 1. The summed E-state index contributed by atoms with van der Waals surface area (Å²) in [7, 11) is -4.06. The van der Waals surface area contributed by atoms with E-state index in [1.165, 1.54) is 18.2 Å². The minimum atomic E-state index is -4.06. The van der Waals surface area contributed by atoms with Crippen molar-refractivity contribution in [3.05, 3.63) is 75.4 Å². The van der Waals surface area contributed by atoms with Gasteiger partial charge in [-0.15, -0.1) is 11.3 Å². The summed E-state index contributed by atoms with van der Waals surface area (Å²) in [6.45, 7) is 6.17. The first kappa shape index (κ1) is 25.3. The normalized spacial score (nSPS) is 11.4. The maximum absolute atomic E-state index is 15.1. The van der Waals surface area contributed by atoms with Crippen LogP contribution in [0.5, 0.6) is 0 Å². The molecule has 188 valence electrons. The molecule has 12 heteroatoms. The van der Waals surface area contributed by atoms with Gasteiger partial charge in [0.15, 0.2) is 0 Å². The number of rotatable bonds is 7. The largest absolute Gasteiger partial charge is 0.385 e. The molecule has 2 aromatic carbocycles. The van der Waals surface area contributed by atoms with Gasteiger partial charge in [0.25, 0.3) is 15.6 Å². The molecule has 36 heavy (non-hydrogen) atoms. The molecule has 0 aliphatic heterocycles. The van der Waals surface area contributed by atoms with Crippen LogP contribution in [0.25, 0.3) is 16.6 Å². The molecule has 0 saturated heterocycles. The van der Waals surface area contributed by atoms with Crippen molar-refractivity contribution in [3.63, 3.8) is 0 Å². The van der Waals surface area contributed by atoms with Gasteiger partial charge in [-0.3, -0.25) is 9.36 Å². The van der Waals surface area contributed by atoms with Crippen LogP contribution in [-0.4, -0.2) is 30.5 Å². The molecule has 0 aliphatic carbocycles. The Labute approximate surface area is 211 Å². The standard InChI is InChI=1S/C24H24FN5O4S2/c1-4-11-26-16-6-8-18-20(13-16)27-15(3)30(23(18)31)21-9-7-17(12-19(21)25)28-24(32)29-36(33,34)22-10-5-14(2)35-22/h5-10,12-13,26H,4,11H2,1-3H3,(H2,28,29,32). The third-order valence-corrected chi connectivity index (χ3v) is 8.09. The molecule has 0 bridgehead atoms. The zero-order valence-electron chi connectivity index (χ0n) is 19.8. The smallest absolute Gasteiger partial charge is 0.333 e. The van der Waals surface area contributed by atoms with Crippen molar-refractivity contribution in [3.8, 4) is 5.69 Å². The van der Waals surface area contributed by atoms with Crippen molar-refractivity contribution >= 4 is 49.7 Å². The maximum atomic E-state index is 15.1. The predicted octanol–water partition coefficient (Wildman–Crippen LogP) is 4.54. The maximum Gasteiger partial charge on any atom is 0.333 e. The molecule has 3 N–H and O–H groups in total. The first-order valence-electron chi connectivity index (χ1n) is 11.1. The lowest BCUT2D eigenvalue weighted by Gasteiger charge is -2.14. The van der Waals surface area contributed by atoms with E-state index < -0.39 is 27.4 Å². The van der Waals surface area contributed by atoms with E-state index in [4.69, 9.17) is 0 Å². The third-order valence-electron chi connectivity index (χ3n) is 5.27. The number of thiophene rings is 1. The van der Waals surface area contributed by atoms with Crippen molar-refractivity contribution in [1.29, 1.82) is 0 Å². The average molecular weight is 530 g/mol. The topological polar surface area (TPSA) is 122 Å². The molecule has 0 saturated carbocycles. The number of nitrogens with one attached hydrogen (secondary N) is 3. The van der Waals surface area contributed by atoms with Crippen molar-refractivity contribution < 1.29 is 17.6 Å². The van der Waals surface area contributed by atoms with E-state index in [0.717, 1.165) is 45.5 Å². The van der Waals surface area contributed by atoms with E-state index in [-0.39, 0.29) is 21.4 Å². The molecule has 0 fully saturated rings. The summed E-state index contributed by atoms with van der Waals surface area (Å²) >= 11 is 1.02. The average Bonchev–Trinajstić information content (AvgIpc) is 3.26. The highest BCUT2D eigenvalue weighted by atomic mass is 32.2. The second kappa shape index (κ2) is 10.1. The summed E-state index contributed by atoms with van der Waals surface area (Å²) in [5.74, 6) is -0.507. The quantitative estimate of drug-likeness (QED) is 0.323. The van der Waals surface area contributed by atoms with Crippen LogP contribution in [0.1, 0.15) is 24.0 Å². The van der Waals surface area contributed by atoms with Gasteiger partial charge in [-0.2, -0.15) is 0 Å². The number of carbonyl (C=O) groups is 1. The van der Waals surface area contributed by atoms with Crippen molar-refractivity contribution in [2.75, 3.05) is 17.2 Å². The van der Waals surface area contributed by atoms with E-state index in [2.05, 4.69) is 15.6 Å². The second-order valence-electron chi connectivity index (χ2n) is 8.05. The molecule has 2 heterocycles. The summed E-state index contributed by atoms with van der Waals surface area (Å²) in [6.07, 6.45) is 0.946. The fraction of sp³-hybridized carbons (Fsp3) is 0.208. The van der Waals surface area contributed by atoms with Crippen LogP contribution < -0.4 is 20.9 Å². The lowest BCUT2D eigenvalue weighted by molar-refractivity contribution is 0.256. The van der Waals surface area contributed by atoms with E-state index in [1.54, 1.807) is 38.1 Å². The fourth-order valence-electron chi connectivity index (χ4n) is 3.61. The molecule has 9 nitrogen and oxygen atoms in total. The number of urea groups is 1. The van der Waals surface area contributed by atoms with Crippen LogP contribution in [-0.2, 0) is 10.0 Å². The highest BCUT2D eigenvalue weighted by Crippen LogP contribution is 2.22. The van der Waals surface area contributed by atoms with Crippen molar-refractivity contribution in [1.82, 2.24) is 14.3 Å². The molecule has 2 amide bonds. The Morgan fingerprint density at radius 2 is 1.83 bits per heavy atom. The van der Waals surface area contributed by atoms with Crippen LogP contribution >= 0.6 is 11.3 Å². The molecule has 0 aliphatic rings. The van der Waals surface area contributed by atoms with Crippen LogP contribution in [0.15, 0.2) is 57.5 Å². The number of aromatic nitrogens is 2. The fourth-order valence-corrected chi connectivity index (χ4v) is 5.80. The van der Waals surface area contributed by atoms with E-state index in [0.29, 0.717) is 10.9 Å². The summed E-state index contributed by atoms with van der Waals surface area (Å²) < 4.78 is 42.8. The highest BCUT2D eigenvalue weighted by Gasteiger charge is 2.20. The zero-order chi connectivity index (χ0) is 26.0. The number of aryl methyl sites for hydroxylation is 2. The van der Waals surface area contributed by atoms with E-state index in [1.807, 2.05) is 11.6 Å². The van der Waals surface area contributed by atoms with Gasteiger partial charge in [-0.05, 0) is 68.8 Å². The molecule has 4 rings (SSSR count). The van der Waals surface area contributed by atoms with Gasteiger partial charge in [-0.1, -0.05) is 6.92 Å². The second-order valence-corrected chi connectivity index (χ2v) is 11.2. The van der Waals surface area contributed by atoms with Gasteiger partial charge in [0.2, 0.25) is 0 Å². The third kappa shape index (κ3) is 5.24. The molecule has 0 unspecified atom stereocenters. The number of halogens is 1. The highest BCUT2D eigenvalue weighted by molar-refractivity contribution is 7.92. The van der Waals surface area contributed by atoms with Gasteiger partial charge in [-0.25, -0.2) is 27.3 Å². The molecule has 0 atom stereocenters. The molecule has 4 aromatic rings.